The molecule has 2 amide bonds. The standard InChI is InChI=1S/C18H22N4O/c23-18(21-15-9-5-2-6-10-15)22-16-11-12-17(19-13-16)20-14-7-3-1-4-8-14/h2,5-6,9-14H,1,3-4,7-8H2,(H,19,20)(H2,21,22,23). The van der Waals surface area contributed by atoms with Gasteiger partial charge in [0.2, 0.25) is 0 Å². The molecule has 0 spiro atoms. The average molecular weight is 310 g/mol. The van der Waals surface area contributed by atoms with E-state index in [0.29, 0.717) is 11.7 Å². The molecule has 5 nitrogen and oxygen atoms in total. The molecule has 1 saturated carbocycles. The monoisotopic (exact) mass is 310 g/mol. The van der Waals surface area contributed by atoms with Crippen molar-refractivity contribution in [3.05, 3.63) is 48.7 Å². The third kappa shape index (κ3) is 4.71. The van der Waals surface area contributed by atoms with Crippen LogP contribution in [0.15, 0.2) is 48.7 Å². The van der Waals surface area contributed by atoms with Gasteiger partial charge in [-0.05, 0) is 37.1 Å². The van der Waals surface area contributed by atoms with Crippen molar-refractivity contribution >= 4 is 23.2 Å². The van der Waals surface area contributed by atoms with Gasteiger partial charge in [0.15, 0.2) is 0 Å². The van der Waals surface area contributed by atoms with Crippen LogP contribution < -0.4 is 16.0 Å². The summed E-state index contributed by atoms with van der Waals surface area (Å²) in [6.07, 6.45) is 8.01. The lowest BCUT2D eigenvalue weighted by atomic mass is 9.95. The molecule has 5 heteroatoms. The van der Waals surface area contributed by atoms with Gasteiger partial charge in [0, 0.05) is 11.7 Å². The number of pyridine rings is 1. The number of carbonyl (C=O) groups is 1. The molecular weight excluding hydrogens is 288 g/mol. The summed E-state index contributed by atoms with van der Waals surface area (Å²) in [4.78, 5) is 16.3. The van der Waals surface area contributed by atoms with Crippen molar-refractivity contribution in [2.75, 3.05) is 16.0 Å². The lowest BCUT2D eigenvalue weighted by Crippen LogP contribution is -2.23. The summed E-state index contributed by atoms with van der Waals surface area (Å²) >= 11 is 0. The van der Waals surface area contributed by atoms with Crippen LogP contribution in [-0.2, 0) is 0 Å². The molecule has 1 heterocycles. The van der Waals surface area contributed by atoms with Crippen molar-refractivity contribution in [1.29, 1.82) is 0 Å². The Bertz CT molecular complexity index is 621. The van der Waals surface area contributed by atoms with E-state index in [1.165, 1.54) is 32.1 Å². The fourth-order valence-corrected chi connectivity index (χ4v) is 2.82. The quantitative estimate of drug-likeness (QED) is 0.780. The highest BCUT2D eigenvalue weighted by atomic mass is 16.2. The molecule has 1 aromatic carbocycles. The van der Waals surface area contributed by atoms with E-state index in [9.17, 15) is 4.79 Å². The molecule has 1 aliphatic carbocycles. The molecule has 0 unspecified atom stereocenters. The van der Waals surface area contributed by atoms with Crippen molar-refractivity contribution in [3.63, 3.8) is 0 Å². The molecule has 1 aliphatic rings. The largest absolute Gasteiger partial charge is 0.367 e. The van der Waals surface area contributed by atoms with E-state index < -0.39 is 0 Å². The maximum absolute atomic E-state index is 11.9. The number of nitrogens with one attached hydrogen (secondary N) is 3. The SMILES string of the molecule is O=C(Nc1ccccc1)Nc1ccc(NC2CCCCC2)nc1. The number of nitrogens with zero attached hydrogens (tertiary/aromatic N) is 1. The first-order chi connectivity index (χ1) is 11.3. The fourth-order valence-electron chi connectivity index (χ4n) is 2.82. The van der Waals surface area contributed by atoms with Crippen molar-refractivity contribution in [3.8, 4) is 0 Å². The molecule has 2 aromatic rings. The summed E-state index contributed by atoms with van der Waals surface area (Å²) < 4.78 is 0. The number of hydrogen-bond acceptors (Lipinski definition) is 3. The third-order valence-electron chi connectivity index (χ3n) is 4.01. The van der Waals surface area contributed by atoms with Crippen LogP contribution in [0.3, 0.4) is 0 Å². The Labute approximate surface area is 136 Å². The smallest absolute Gasteiger partial charge is 0.323 e. The first-order valence-electron chi connectivity index (χ1n) is 8.15. The Morgan fingerprint density at radius 1 is 0.913 bits per heavy atom. The highest BCUT2D eigenvalue weighted by molar-refractivity contribution is 5.99. The van der Waals surface area contributed by atoms with Crippen LogP contribution in [0.2, 0.25) is 0 Å². The maximum atomic E-state index is 11.9. The number of hydrogen-bond donors (Lipinski definition) is 3. The molecule has 0 bridgehead atoms. The van der Waals surface area contributed by atoms with Gasteiger partial charge in [-0.3, -0.25) is 0 Å². The minimum absolute atomic E-state index is 0.272. The van der Waals surface area contributed by atoms with Gasteiger partial charge in [-0.15, -0.1) is 0 Å². The first-order valence-corrected chi connectivity index (χ1v) is 8.15. The van der Waals surface area contributed by atoms with E-state index in [2.05, 4.69) is 20.9 Å². The first kappa shape index (κ1) is 15.3. The summed E-state index contributed by atoms with van der Waals surface area (Å²) in [6.45, 7) is 0. The van der Waals surface area contributed by atoms with Gasteiger partial charge in [0.05, 0.1) is 11.9 Å². The Kier molecular flexibility index (Phi) is 5.09. The van der Waals surface area contributed by atoms with Crippen LogP contribution >= 0.6 is 0 Å². The second-order valence-corrected chi connectivity index (χ2v) is 5.86. The normalized spacial score (nSPS) is 15.0. The topological polar surface area (TPSA) is 66.1 Å². The number of carbonyl (C=O) groups excluding carboxylic acids is 1. The van der Waals surface area contributed by atoms with Gasteiger partial charge in [0.25, 0.3) is 0 Å². The highest BCUT2D eigenvalue weighted by Gasteiger charge is 2.13. The summed E-state index contributed by atoms with van der Waals surface area (Å²) in [6, 6.07) is 13.4. The van der Waals surface area contributed by atoms with E-state index in [4.69, 9.17) is 0 Å². The predicted octanol–water partition coefficient (Wildman–Crippen LogP) is 4.47. The Morgan fingerprint density at radius 3 is 2.35 bits per heavy atom. The Morgan fingerprint density at radius 2 is 1.65 bits per heavy atom. The molecule has 1 aromatic heterocycles. The van der Waals surface area contributed by atoms with Crippen molar-refractivity contribution < 1.29 is 4.79 Å². The molecule has 0 atom stereocenters. The van der Waals surface area contributed by atoms with Crippen molar-refractivity contribution in [2.45, 2.75) is 38.1 Å². The zero-order chi connectivity index (χ0) is 15.9. The third-order valence-corrected chi connectivity index (χ3v) is 4.01. The second kappa shape index (κ2) is 7.63. The van der Waals surface area contributed by atoms with Crippen LogP contribution in [-0.4, -0.2) is 17.1 Å². The van der Waals surface area contributed by atoms with Gasteiger partial charge < -0.3 is 16.0 Å². The molecule has 0 aliphatic heterocycles. The number of amides is 2. The van der Waals surface area contributed by atoms with Gasteiger partial charge in [-0.2, -0.15) is 0 Å². The van der Waals surface area contributed by atoms with Gasteiger partial charge in [0.1, 0.15) is 5.82 Å². The zero-order valence-corrected chi connectivity index (χ0v) is 13.1. The lowest BCUT2D eigenvalue weighted by molar-refractivity contribution is 0.262. The van der Waals surface area contributed by atoms with E-state index in [0.717, 1.165) is 11.5 Å². The van der Waals surface area contributed by atoms with Crippen molar-refractivity contribution in [2.24, 2.45) is 0 Å². The van der Waals surface area contributed by atoms with Crippen LogP contribution in [0.5, 0.6) is 0 Å². The molecule has 3 rings (SSSR count). The fraction of sp³-hybridized carbons (Fsp3) is 0.333. The molecular formula is C18H22N4O. The Hall–Kier alpha value is -2.56. The van der Waals surface area contributed by atoms with Gasteiger partial charge in [-0.25, -0.2) is 9.78 Å². The summed E-state index contributed by atoms with van der Waals surface area (Å²) in [7, 11) is 0. The Balaban J connectivity index is 1.51. The van der Waals surface area contributed by atoms with E-state index >= 15 is 0 Å². The second-order valence-electron chi connectivity index (χ2n) is 5.86. The maximum Gasteiger partial charge on any atom is 0.323 e. The summed E-state index contributed by atoms with van der Waals surface area (Å²) in [5, 5.41) is 9.02. The van der Waals surface area contributed by atoms with Crippen LogP contribution in [0.1, 0.15) is 32.1 Å². The minimum Gasteiger partial charge on any atom is -0.367 e. The van der Waals surface area contributed by atoms with E-state index in [1.807, 2.05) is 42.5 Å². The molecule has 0 saturated heterocycles. The molecule has 0 radical (unpaired) electrons. The average Bonchev–Trinajstić information content (AvgIpc) is 2.58. The number of aromatic nitrogens is 1. The van der Waals surface area contributed by atoms with Crippen molar-refractivity contribution in [1.82, 2.24) is 4.98 Å². The van der Waals surface area contributed by atoms with E-state index in [-0.39, 0.29) is 6.03 Å². The molecule has 3 N–H and O–H groups in total. The number of anilines is 3. The minimum atomic E-state index is -0.272. The number of rotatable bonds is 4. The summed E-state index contributed by atoms with van der Waals surface area (Å²) in [5.41, 5.74) is 1.43. The number of urea groups is 1. The summed E-state index contributed by atoms with van der Waals surface area (Å²) in [5.74, 6) is 0.867. The molecule has 1 fully saturated rings. The van der Waals surface area contributed by atoms with E-state index in [1.54, 1.807) is 6.20 Å². The number of para-hydroxylation sites is 1. The van der Waals surface area contributed by atoms with Gasteiger partial charge >= 0.3 is 6.03 Å². The highest BCUT2D eigenvalue weighted by Crippen LogP contribution is 2.21. The predicted molar refractivity (Wildman–Crippen MR) is 93.8 cm³/mol. The molecule has 23 heavy (non-hydrogen) atoms. The lowest BCUT2D eigenvalue weighted by Gasteiger charge is -2.23. The van der Waals surface area contributed by atoms with Crippen LogP contribution in [0.25, 0.3) is 0 Å². The van der Waals surface area contributed by atoms with Crippen LogP contribution in [0.4, 0.5) is 22.0 Å². The zero-order valence-electron chi connectivity index (χ0n) is 13.1. The van der Waals surface area contributed by atoms with Gasteiger partial charge in [-0.1, -0.05) is 37.5 Å². The molecule has 120 valence electrons. The number of benzene rings is 1. The van der Waals surface area contributed by atoms with Crippen LogP contribution in [0, 0.1) is 0 Å².